The van der Waals surface area contributed by atoms with Gasteiger partial charge < -0.3 is 49.0 Å². The second-order valence-corrected chi connectivity index (χ2v) is 9.55. The molecule has 2 rings (SSSR count). The lowest BCUT2D eigenvalue weighted by Gasteiger charge is -2.25. The van der Waals surface area contributed by atoms with Gasteiger partial charge in [-0.3, -0.25) is 24.2 Å². The van der Waals surface area contributed by atoms with Crippen molar-refractivity contribution in [3.63, 3.8) is 0 Å². The number of nitrogens with zero attached hydrogens (tertiary/aromatic N) is 2. The summed E-state index contributed by atoms with van der Waals surface area (Å²) in [7, 11) is 0. The molecule has 1 aromatic carbocycles. The Balaban J connectivity index is 2.22. The Morgan fingerprint density at radius 3 is 2.12 bits per heavy atom. The number of amides is 4. The second kappa shape index (κ2) is 17.0. The molecule has 0 bridgehead atoms. The van der Waals surface area contributed by atoms with Crippen molar-refractivity contribution in [1.29, 1.82) is 0 Å². The van der Waals surface area contributed by atoms with E-state index in [0.717, 1.165) is 0 Å². The fourth-order valence-electron chi connectivity index (χ4n) is 3.90. The number of hydrogen-bond donors (Lipinski definition) is 9. The lowest BCUT2D eigenvalue weighted by atomic mass is 10.0. The summed E-state index contributed by atoms with van der Waals surface area (Å²) in [5, 5.41) is 17.4. The highest BCUT2D eigenvalue weighted by Crippen LogP contribution is 2.07. The quantitative estimate of drug-likeness (QED) is 0.0498. The van der Waals surface area contributed by atoms with Crippen LogP contribution in [0.4, 0.5) is 0 Å². The van der Waals surface area contributed by atoms with Crippen molar-refractivity contribution in [1.82, 2.24) is 25.9 Å². The SMILES string of the molecule is NC(=O)CCC(N)C(=O)NC(Cc1cnc[nH]1)C(=O)NC(CCCN=C(N)N)C(=O)NC(Cc1ccccc1)C(=O)O. The monoisotopic (exact) mass is 586 g/mol. The standard InChI is InChI=1S/C26H38N10O6/c27-17(8-9-21(28)37)22(38)35-19(12-16-13-31-14-33-16)24(40)34-18(7-4-10-32-26(29)30)23(39)36-20(25(41)42)11-15-5-2-1-3-6-15/h1-3,5-6,13-14,17-20H,4,7-12,27H2,(H2,28,37)(H,31,33)(H,34,40)(H,35,38)(H,36,39)(H,41,42)(H4,29,30,32). The summed E-state index contributed by atoms with van der Waals surface area (Å²) >= 11 is 0. The minimum Gasteiger partial charge on any atom is -0.480 e. The first-order valence-electron chi connectivity index (χ1n) is 13.2. The van der Waals surface area contributed by atoms with E-state index in [9.17, 15) is 29.1 Å². The van der Waals surface area contributed by atoms with Crippen molar-refractivity contribution in [2.24, 2.45) is 27.9 Å². The van der Waals surface area contributed by atoms with Crippen molar-refractivity contribution < 1.29 is 29.1 Å². The number of carboxylic acids is 1. The van der Waals surface area contributed by atoms with Crippen molar-refractivity contribution in [2.75, 3.05) is 6.54 Å². The first-order valence-corrected chi connectivity index (χ1v) is 13.2. The van der Waals surface area contributed by atoms with Gasteiger partial charge in [0.15, 0.2) is 5.96 Å². The summed E-state index contributed by atoms with van der Waals surface area (Å²) in [6, 6.07) is 3.93. The lowest BCUT2D eigenvalue weighted by Crippen LogP contribution is -2.57. The third-order valence-electron chi connectivity index (χ3n) is 6.13. The third-order valence-corrected chi connectivity index (χ3v) is 6.13. The number of aromatic amines is 1. The van der Waals surface area contributed by atoms with Gasteiger partial charge in [-0.25, -0.2) is 9.78 Å². The van der Waals surface area contributed by atoms with Gasteiger partial charge in [-0.15, -0.1) is 0 Å². The zero-order valence-corrected chi connectivity index (χ0v) is 23.0. The van der Waals surface area contributed by atoms with Crippen LogP contribution in [0.15, 0.2) is 47.8 Å². The zero-order chi connectivity index (χ0) is 31.1. The van der Waals surface area contributed by atoms with Crippen LogP contribution in [0.3, 0.4) is 0 Å². The van der Waals surface area contributed by atoms with Crippen LogP contribution in [-0.4, -0.2) is 81.3 Å². The average molecular weight is 587 g/mol. The summed E-state index contributed by atoms with van der Waals surface area (Å²) in [4.78, 5) is 73.1. The summed E-state index contributed by atoms with van der Waals surface area (Å²) < 4.78 is 0. The van der Waals surface area contributed by atoms with Gasteiger partial charge in [0.25, 0.3) is 0 Å². The highest BCUT2D eigenvalue weighted by Gasteiger charge is 2.30. The van der Waals surface area contributed by atoms with E-state index < -0.39 is 53.8 Å². The molecule has 4 unspecified atom stereocenters. The zero-order valence-electron chi connectivity index (χ0n) is 23.0. The van der Waals surface area contributed by atoms with Gasteiger partial charge in [-0.1, -0.05) is 30.3 Å². The molecule has 0 saturated heterocycles. The summed E-state index contributed by atoms with van der Waals surface area (Å²) in [6.07, 6.45) is 2.98. The largest absolute Gasteiger partial charge is 0.480 e. The smallest absolute Gasteiger partial charge is 0.326 e. The summed E-state index contributed by atoms with van der Waals surface area (Å²) in [5.74, 6) is -4.24. The highest BCUT2D eigenvalue weighted by atomic mass is 16.4. The number of nitrogens with two attached hydrogens (primary N) is 4. The van der Waals surface area contributed by atoms with E-state index in [0.29, 0.717) is 11.3 Å². The Hall–Kier alpha value is -4.99. The van der Waals surface area contributed by atoms with Gasteiger partial charge >= 0.3 is 5.97 Å². The van der Waals surface area contributed by atoms with Crippen molar-refractivity contribution in [3.05, 3.63) is 54.1 Å². The maximum Gasteiger partial charge on any atom is 0.326 e. The maximum absolute atomic E-state index is 13.4. The minimum atomic E-state index is -1.28. The highest BCUT2D eigenvalue weighted by molar-refractivity contribution is 5.94. The maximum atomic E-state index is 13.4. The molecule has 4 amide bonds. The van der Waals surface area contributed by atoms with E-state index >= 15 is 0 Å². The number of benzene rings is 1. The Labute approximate surface area is 242 Å². The summed E-state index contributed by atoms with van der Waals surface area (Å²) in [5.41, 5.74) is 22.9. The van der Waals surface area contributed by atoms with Gasteiger partial charge in [0.1, 0.15) is 18.1 Å². The molecule has 2 aromatic rings. The van der Waals surface area contributed by atoms with Crippen LogP contribution in [-0.2, 0) is 36.8 Å². The predicted octanol–water partition coefficient (Wildman–Crippen LogP) is -2.62. The molecule has 0 spiro atoms. The van der Waals surface area contributed by atoms with Gasteiger partial charge in [-0.2, -0.15) is 0 Å². The van der Waals surface area contributed by atoms with Crippen molar-refractivity contribution in [2.45, 2.75) is 62.7 Å². The second-order valence-electron chi connectivity index (χ2n) is 9.55. The number of nitrogens with one attached hydrogen (secondary N) is 4. The molecule has 1 heterocycles. The average Bonchev–Trinajstić information content (AvgIpc) is 3.45. The van der Waals surface area contributed by atoms with Crippen LogP contribution >= 0.6 is 0 Å². The molecule has 0 saturated carbocycles. The molecule has 0 fully saturated rings. The van der Waals surface area contributed by atoms with E-state index in [2.05, 4.69) is 30.9 Å². The number of guanidine groups is 1. The van der Waals surface area contributed by atoms with Crippen LogP contribution in [0.2, 0.25) is 0 Å². The van der Waals surface area contributed by atoms with Gasteiger partial charge in [0, 0.05) is 37.7 Å². The Morgan fingerprint density at radius 2 is 1.52 bits per heavy atom. The van der Waals surface area contributed by atoms with Crippen LogP contribution in [0.25, 0.3) is 0 Å². The predicted molar refractivity (Wildman–Crippen MR) is 152 cm³/mol. The van der Waals surface area contributed by atoms with Crippen LogP contribution < -0.4 is 38.9 Å². The number of carboxylic acid groups (broad SMARTS) is 1. The molecule has 4 atom stereocenters. The number of carbonyl (C=O) groups excluding carboxylic acids is 4. The first kappa shape index (κ1) is 33.2. The molecule has 0 radical (unpaired) electrons. The number of H-pyrrole nitrogens is 1. The molecule has 1 aromatic heterocycles. The molecule has 228 valence electrons. The number of hydrogen-bond acceptors (Lipinski definition) is 8. The Bertz CT molecular complexity index is 1220. The Kier molecular flexibility index (Phi) is 13.4. The van der Waals surface area contributed by atoms with E-state index in [1.807, 2.05) is 0 Å². The molecule has 13 N–H and O–H groups in total. The Morgan fingerprint density at radius 1 is 0.881 bits per heavy atom. The van der Waals surface area contributed by atoms with E-state index in [-0.39, 0.29) is 51.0 Å². The van der Waals surface area contributed by atoms with Gasteiger partial charge in [0.05, 0.1) is 12.4 Å². The summed E-state index contributed by atoms with van der Waals surface area (Å²) in [6.45, 7) is 0.150. The van der Waals surface area contributed by atoms with Crippen LogP contribution in [0.5, 0.6) is 0 Å². The van der Waals surface area contributed by atoms with E-state index in [1.54, 1.807) is 30.3 Å². The number of aliphatic imine (C=N–C) groups is 1. The number of imidazole rings is 1. The molecule has 42 heavy (non-hydrogen) atoms. The van der Waals surface area contributed by atoms with Crippen molar-refractivity contribution >= 4 is 35.6 Å². The number of rotatable bonds is 18. The van der Waals surface area contributed by atoms with Gasteiger partial charge in [0.2, 0.25) is 23.6 Å². The number of aliphatic carboxylic acids is 1. The first-order chi connectivity index (χ1) is 20.0. The number of aromatic nitrogens is 2. The topological polar surface area (TPSA) is 287 Å². The van der Waals surface area contributed by atoms with Crippen molar-refractivity contribution in [3.8, 4) is 0 Å². The number of carbonyl (C=O) groups is 5. The number of primary amides is 1. The molecule has 16 heteroatoms. The van der Waals surface area contributed by atoms with Crippen LogP contribution in [0.1, 0.15) is 36.9 Å². The molecule has 0 aliphatic rings. The molecule has 16 nitrogen and oxygen atoms in total. The molecular formula is C26H38N10O6. The van der Waals surface area contributed by atoms with E-state index in [1.165, 1.54) is 12.5 Å². The van der Waals surface area contributed by atoms with Gasteiger partial charge in [-0.05, 0) is 24.8 Å². The minimum absolute atomic E-state index is 0.0122. The fourth-order valence-corrected chi connectivity index (χ4v) is 3.90. The molecule has 0 aliphatic heterocycles. The fraction of sp³-hybridized carbons (Fsp3) is 0.423. The molecule has 0 aliphatic carbocycles. The normalized spacial score (nSPS) is 13.5. The molecular weight excluding hydrogens is 548 g/mol. The third kappa shape index (κ3) is 12.0. The van der Waals surface area contributed by atoms with Crippen LogP contribution in [0, 0.1) is 0 Å². The van der Waals surface area contributed by atoms with E-state index in [4.69, 9.17) is 22.9 Å². The lowest BCUT2D eigenvalue weighted by molar-refractivity contribution is -0.142.